The summed E-state index contributed by atoms with van der Waals surface area (Å²) in [4.78, 5) is 23.0. The fourth-order valence-electron chi connectivity index (χ4n) is 3.66. The van der Waals surface area contributed by atoms with Crippen LogP contribution in [0.1, 0.15) is 39.0 Å². The van der Waals surface area contributed by atoms with E-state index in [1.54, 1.807) is 11.0 Å². The van der Waals surface area contributed by atoms with Gasteiger partial charge >= 0.3 is 0 Å². The van der Waals surface area contributed by atoms with Crippen LogP contribution in [0.5, 0.6) is 0 Å². The Morgan fingerprint density at radius 2 is 2.19 bits per heavy atom. The number of aryl methyl sites for hydroxylation is 1. The number of carbonyl (C=O) groups excluding carboxylic acids is 1. The van der Waals surface area contributed by atoms with Gasteiger partial charge in [-0.25, -0.2) is 14.6 Å². The molecule has 2 aliphatic rings. The van der Waals surface area contributed by atoms with Gasteiger partial charge in [0.25, 0.3) is 0 Å². The second-order valence-corrected chi connectivity index (χ2v) is 7.03. The Bertz CT molecular complexity index is 822. The maximum atomic E-state index is 12.3. The summed E-state index contributed by atoms with van der Waals surface area (Å²) in [7, 11) is 0. The lowest BCUT2D eigenvalue weighted by molar-refractivity contribution is -0.125. The second kappa shape index (κ2) is 7.39. The highest BCUT2D eigenvalue weighted by Crippen LogP contribution is 2.27. The average Bonchev–Trinajstić information content (AvgIpc) is 3.05. The van der Waals surface area contributed by atoms with Crippen LogP contribution in [0.25, 0.3) is 11.2 Å². The van der Waals surface area contributed by atoms with Gasteiger partial charge in [-0.15, -0.1) is 5.10 Å². The molecule has 4 rings (SSSR count). The highest BCUT2D eigenvalue weighted by atomic mass is 16.2. The molecular formula is C18H25N7O. The monoisotopic (exact) mass is 355 g/mol. The van der Waals surface area contributed by atoms with Crippen LogP contribution >= 0.6 is 0 Å². The van der Waals surface area contributed by atoms with Gasteiger partial charge in [-0.1, -0.05) is 16.9 Å². The summed E-state index contributed by atoms with van der Waals surface area (Å²) in [5.41, 5.74) is 2.94. The fourth-order valence-corrected chi connectivity index (χ4v) is 3.66. The third-order valence-electron chi connectivity index (χ3n) is 5.26. The molecule has 0 radical (unpaired) electrons. The number of carbonyl (C=O) groups is 1. The molecule has 0 bridgehead atoms. The Balaban J connectivity index is 1.30. The van der Waals surface area contributed by atoms with Crippen LogP contribution in [0, 0.1) is 5.92 Å². The van der Waals surface area contributed by atoms with Crippen molar-refractivity contribution < 1.29 is 4.79 Å². The van der Waals surface area contributed by atoms with Crippen molar-refractivity contribution in [3.8, 4) is 0 Å². The Morgan fingerprint density at radius 1 is 1.31 bits per heavy atom. The minimum Gasteiger partial charge on any atom is -0.355 e. The molecule has 8 nitrogen and oxygen atoms in total. The van der Waals surface area contributed by atoms with Gasteiger partial charge in [-0.05, 0) is 39.0 Å². The van der Waals surface area contributed by atoms with Crippen LogP contribution in [-0.4, -0.2) is 50.5 Å². The smallest absolute Gasteiger partial charge is 0.226 e. The number of allylic oxidation sites excluding steroid dienone is 1. The van der Waals surface area contributed by atoms with Crippen molar-refractivity contribution in [1.82, 2.24) is 30.3 Å². The van der Waals surface area contributed by atoms with E-state index in [1.807, 2.05) is 6.92 Å². The third-order valence-corrected chi connectivity index (χ3v) is 5.26. The lowest BCUT2D eigenvalue weighted by Gasteiger charge is -2.38. The average molecular weight is 355 g/mol. The van der Waals surface area contributed by atoms with Crippen molar-refractivity contribution in [3.05, 3.63) is 18.0 Å². The Labute approximate surface area is 152 Å². The van der Waals surface area contributed by atoms with E-state index >= 15 is 0 Å². The van der Waals surface area contributed by atoms with Crippen molar-refractivity contribution in [2.45, 2.75) is 45.6 Å². The van der Waals surface area contributed by atoms with E-state index in [2.05, 4.69) is 36.6 Å². The van der Waals surface area contributed by atoms with E-state index in [9.17, 15) is 4.79 Å². The summed E-state index contributed by atoms with van der Waals surface area (Å²) in [5, 5.41) is 11.4. The maximum absolute atomic E-state index is 12.3. The number of fused-ring (bicyclic) bond motifs is 1. The van der Waals surface area contributed by atoms with Crippen LogP contribution in [0.4, 0.5) is 5.82 Å². The summed E-state index contributed by atoms with van der Waals surface area (Å²) in [5.74, 6) is 0.924. The van der Waals surface area contributed by atoms with Crippen LogP contribution in [0.3, 0.4) is 0 Å². The maximum Gasteiger partial charge on any atom is 0.226 e. The molecule has 0 spiro atoms. The molecule has 26 heavy (non-hydrogen) atoms. The van der Waals surface area contributed by atoms with E-state index in [0.29, 0.717) is 25.2 Å². The molecule has 2 aromatic heterocycles. The summed E-state index contributed by atoms with van der Waals surface area (Å²) in [6.45, 7) is 4.79. The van der Waals surface area contributed by atoms with Crippen molar-refractivity contribution >= 4 is 22.9 Å². The summed E-state index contributed by atoms with van der Waals surface area (Å²) in [6, 6.07) is 0. The second-order valence-electron chi connectivity index (χ2n) is 7.03. The highest BCUT2D eigenvalue weighted by Gasteiger charge is 2.34. The van der Waals surface area contributed by atoms with Gasteiger partial charge in [0, 0.05) is 26.2 Å². The molecule has 1 aliphatic carbocycles. The SMILES string of the molecule is CCn1nnc2c(N3CC(C(=O)NCCC4=CCCCC4)C3)ncnc21. The zero-order chi connectivity index (χ0) is 17.9. The number of rotatable bonds is 6. The highest BCUT2D eigenvalue weighted by molar-refractivity contribution is 5.86. The molecule has 0 saturated carbocycles. The first-order valence-corrected chi connectivity index (χ1v) is 9.51. The topological polar surface area (TPSA) is 88.8 Å². The molecule has 138 valence electrons. The van der Waals surface area contributed by atoms with Crippen LogP contribution in [-0.2, 0) is 11.3 Å². The minimum atomic E-state index is 0.0153. The van der Waals surface area contributed by atoms with Gasteiger partial charge in [0.1, 0.15) is 6.33 Å². The van der Waals surface area contributed by atoms with Gasteiger partial charge in [-0.3, -0.25) is 4.79 Å². The number of hydrogen-bond acceptors (Lipinski definition) is 6. The summed E-state index contributed by atoms with van der Waals surface area (Å²) in [6.07, 6.45) is 9.83. The molecule has 1 fully saturated rings. The predicted octanol–water partition coefficient (Wildman–Crippen LogP) is 1.68. The summed E-state index contributed by atoms with van der Waals surface area (Å²) >= 11 is 0. The van der Waals surface area contributed by atoms with Crippen molar-refractivity contribution in [3.63, 3.8) is 0 Å². The molecule has 1 saturated heterocycles. The molecule has 1 aliphatic heterocycles. The first-order valence-electron chi connectivity index (χ1n) is 9.51. The number of nitrogens with zero attached hydrogens (tertiary/aromatic N) is 6. The molecule has 0 aromatic carbocycles. The van der Waals surface area contributed by atoms with Crippen LogP contribution in [0.15, 0.2) is 18.0 Å². The lowest BCUT2D eigenvalue weighted by atomic mass is 9.96. The van der Waals surface area contributed by atoms with E-state index in [4.69, 9.17) is 0 Å². The van der Waals surface area contributed by atoms with E-state index in [0.717, 1.165) is 24.4 Å². The van der Waals surface area contributed by atoms with Gasteiger partial charge in [0.05, 0.1) is 5.92 Å². The van der Waals surface area contributed by atoms with Gasteiger partial charge in [-0.2, -0.15) is 0 Å². The first-order chi connectivity index (χ1) is 12.8. The fraction of sp³-hybridized carbons (Fsp3) is 0.611. The van der Waals surface area contributed by atoms with E-state index < -0.39 is 0 Å². The third kappa shape index (κ3) is 3.27. The number of nitrogens with one attached hydrogen (secondary N) is 1. The molecule has 0 atom stereocenters. The quantitative estimate of drug-likeness (QED) is 0.793. The Morgan fingerprint density at radius 3 is 2.96 bits per heavy atom. The Hall–Kier alpha value is -2.51. The molecule has 2 aromatic rings. The molecule has 1 amide bonds. The first kappa shape index (κ1) is 16.9. The Kier molecular flexibility index (Phi) is 4.81. The predicted molar refractivity (Wildman–Crippen MR) is 98.7 cm³/mol. The number of amides is 1. The van der Waals surface area contributed by atoms with Crippen LogP contribution < -0.4 is 10.2 Å². The standard InChI is InChI=1S/C18H25N7O/c1-2-25-17-15(22-23-25)16(20-12-21-17)24-10-14(11-24)18(26)19-9-8-13-6-4-3-5-7-13/h6,12,14H,2-5,7-11H2,1H3,(H,19,26). The van der Waals surface area contributed by atoms with Crippen molar-refractivity contribution in [2.24, 2.45) is 5.92 Å². The number of hydrogen-bond donors (Lipinski definition) is 1. The van der Waals surface area contributed by atoms with E-state index in [-0.39, 0.29) is 11.8 Å². The molecular weight excluding hydrogens is 330 g/mol. The minimum absolute atomic E-state index is 0.0153. The van der Waals surface area contributed by atoms with Crippen molar-refractivity contribution in [2.75, 3.05) is 24.5 Å². The van der Waals surface area contributed by atoms with E-state index in [1.165, 1.54) is 31.3 Å². The summed E-state index contributed by atoms with van der Waals surface area (Å²) < 4.78 is 1.75. The van der Waals surface area contributed by atoms with Gasteiger partial charge < -0.3 is 10.2 Å². The van der Waals surface area contributed by atoms with Gasteiger partial charge in [0.2, 0.25) is 5.91 Å². The van der Waals surface area contributed by atoms with Crippen molar-refractivity contribution in [1.29, 1.82) is 0 Å². The normalized spacial score (nSPS) is 17.9. The molecule has 0 unspecified atom stereocenters. The van der Waals surface area contributed by atoms with Crippen LogP contribution in [0.2, 0.25) is 0 Å². The number of anilines is 1. The largest absolute Gasteiger partial charge is 0.355 e. The molecule has 1 N–H and O–H groups in total. The zero-order valence-corrected chi connectivity index (χ0v) is 15.2. The lowest BCUT2D eigenvalue weighted by Crippen LogP contribution is -2.54. The number of aromatic nitrogens is 5. The molecule has 8 heteroatoms. The zero-order valence-electron chi connectivity index (χ0n) is 15.2. The van der Waals surface area contributed by atoms with Gasteiger partial charge in [0.15, 0.2) is 17.0 Å². The molecule has 3 heterocycles.